The summed E-state index contributed by atoms with van der Waals surface area (Å²) in [6.45, 7) is 6.36. The molecule has 2 nitrogen and oxygen atoms in total. The Morgan fingerprint density at radius 2 is 1.53 bits per heavy atom. The first kappa shape index (κ1) is 24.6. The number of allylic oxidation sites excluding steroid dienone is 4. The molecule has 4 aromatic carbocycles. The molecule has 36 heavy (non-hydrogen) atoms. The van der Waals surface area contributed by atoms with Crippen LogP contribution in [0.1, 0.15) is 18.9 Å². The van der Waals surface area contributed by atoms with Crippen molar-refractivity contribution in [3.63, 3.8) is 0 Å². The molecule has 0 saturated heterocycles. The molecule has 0 atom stereocenters. The quantitative estimate of drug-likeness (QED) is 0.218. The zero-order chi connectivity index (χ0) is 23.8. The summed E-state index contributed by atoms with van der Waals surface area (Å²) in [7, 11) is 0. The average molecular weight is 527 g/mol. The second-order valence-corrected chi connectivity index (χ2v) is 10.6. The lowest BCUT2D eigenvalue weighted by Gasteiger charge is -2.17. The van der Waals surface area contributed by atoms with Crippen LogP contribution in [0.3, 0.4) is 0 Å². The minimum absolute atomic E-state index is 0. The van der Waals surface area contributed by atoms with Crippen LogP contribution in [0, 0.1) is 0 Å². The van der Waals surface area contributed by atoms with Crippen molar-refractivity contribution in [2.75, 3.05) is 11.4 Å². The highest BCUT2D eigenvalue weighted by Gasteiger charge is 2.25. The number of thioether (sulfide) groups is 1. The maximum Gasteiger partial charge on any atom is 0.262 e. The Morgan fingerprint density at radius 3 is 2.31 bits per heavy atom. The van der Waals surface area contributed by atoms with Crippen molar-refractivity contribution < 1.29 is 17.0 Å². The van der Waals surface area contributed by atoms with Crippen molar-refractivity contribution in [3.8, 4) is 0 Å². The van der Waals surface area contributed by atoms with E-state index in [1.54, 1.807) is 0 Å². The van der Waals surface area contributed by atoms with Gasteiger partial charge in [-0.15, -0.1) is 0 Å². The fourth-order valence-electron chi connectivity index (χ4n) is 4.90. The van der Waals surface area contributed by atoms with Gasteiger partial charge in [0.15, 0.2) is 0 Å². The molecule has 1 aliphatic heterocycles. The zero-order valence-electron chi connectivity index (χ0n) is 20.3. The summed E-state index contributed by atoms with van der Waals surface area (Å²) in [6, 6.07) is 26.3. The van der Waals surface area contributed by atoms with Gasteiger partial charge in [0, 0.05) is 29.0 Å². The van der Waals surface area contributed by atoms with Crippen LogP contribution < -0.4 is 21.9 Å². The van der Waals surface area contributed by atoms with E-state index in [4.69, 9.17) is 0 Å². The largest absolute Gasteiger partial charge is 1.00 e. The smallest absolute Gasteiger partial charge is 0.262 e. The van der Waals surface area contributed by atoms with Gasteiger partial charge in [0.1, 0.15) is 11.2 Å². The molecule has 5 heteroatoms. The molecular weight excluding hydrogens is 500 g/mol. The second-order valence-electron chi connectivity index (χ2n) is 8.55. The van der Waals surface area contributed by atoms with Crippen molar-refractivity contribution in [1.82, 2.24) is 0 Å². The van der Waals surface area contributed by atoms with Crippen LogP contribution in [0.15, 0.2) is 107 Å². The van der Waals surface area contributed by atoms with Gasteiger partial charge >= 0.3 is 0 Å². The van der Waals surface area contributed by atoms with Crippen LogP contribution in [0.25, 0.3) is 37.8 Å². The number of nitrogens with zero attached hydrogens (tertiary/aromatic N) is 2. The molecular formula is C31H27ClN2S2. The van der Waals surface area contributed by atoms with Gasteiger partial charge in [0.05, 0.1) is 10.7 Å². The summed E-state index contributed by atoms with van der Waals surface area (Å²) in [6.07, 6.45) is 10.9. The van der Waals surface area contributed by atoms with E-state index in [2.05, 4.69) is 126 Å². The van der Waals surface area contributed by atoms with Crippen molar-refractivity contribution in [3.05, 3.63) is 107 Å². The summed E-state index contributed by atoms with van der Waals surface area (Å²) in [4.78, 5) is 3.77. The van der Waals surface area contributed by atoms with Gasteiger partial charge in [-0.05, 0) is 48.2 Å². The van der Waals surface area contributed by atoms with E-state index < -0.39 is 0 Å². The third kappa shape index (κ3) is 4.24. The summed E-state index contributed by atoms with van der Waals surface area (Å²) in [5.41, 5.74) is 2.63. The van der Waals surface area contributed by atoms with Gasteiger partial charge in [0.25, 0.3) is 5.01 Å². The van der Waals surface area contributed by atoms with Crippen molar-refractivity contribution in [2.24, 2.45) is 0 Å². The monoisotopic (exact) mass is 526 g/mol. The third-order valence-electron chi connectivity index (χ3n) is 6.58. The lowest BCUT2D eigenvalue weighted by atomic mass is 10.1. The molecule has 0 N–H and O–H groups in total. The predicted molar refractivity (Wildman–Crippen MR) is 154 cm³/mol. The maximum absolute atomic E-state index is 2.41. The first-order valence-corrected chi connectivity index (χ1v) is 13.8. The van der Waals surface area contributed by atoms with Crippen molar-refractivity contribution in [2.45, 2.75) is 25.3 Å². The predicted octanol–water partition coefficient (Wildman–Crippen LogP) is 5.56. The molecule has 0 saturated carbocycles. The van der Waals surface area contributed by atoms with Gasteiger partial charge < -0.3 is 17.3 Å². The van der Waals surface area contributed by atoms with Crippen LogP contribution in [-0.2, 0) is 6.54 Å². The Hall–Kier alpha value is -3.05. The number of thiazole rings is 1. The number of hydrogen-bond acceptors (Lipinski definition) is 3. The molecule has 0 radical (unpaired) electrons. The Kier molecular flexibility index (Phi) is 7.20. The van der Waals surface area contributed by atoms with E-state index in [0.29, 0.717) is 0 Å². The standard InChI is InChI=1S/C31H27N2S2.ClH/c1-3-32-26-20-18-22-12-8-10-14-24(22)30(26)34-28(32)16-6-5-7-17-29-33(4-2)27-21-19-23-13-9-11-15-25(23)31(27)35-29;/h5-21H,3-4H2,1-2H3;1H/q+1;/p-1. The first-order chi connectivity index (χ1) is 17.3. The second kappa shape index (κ2) is 10.5. The fraction of sp³-hybridized carbons (Fsp3) is 0.129. The Labute approximate surface area is 226 Å². The third-order valence-corrected chi connectivity index (χ3v) is 8.97. The Bertz CT molecular complexity index is 1660. The molecule has 0 amide bonds. The lowest BCUT2D eigenvalue weighted by molar-refractivity contribution is -0.665. The molecule has 0 bridgehead atoms. The van der Waals surface area contributed by atoms with Gasteiger partial charge in [-0.2, -0.15) is 4.57 Å². The van der Waals surface area contributed by atoms with Gasteiger partial charge in [-0.25, -0.2) is 0 Å². The molecule has 0 fully saturated rings. The number of rotatable bonds is 5. The van der Waals surface area contributed by atoms with E-state index in [0.717, 1.165) is 13.1 Å². The summed E-state index contributed by atoms with van der Waals surface area (Å²) in [5.74, 6) is 0. The summed E-state index contributed by atoms with van der Waals surface area (Å²) < 4.78 is 3.77. The number of anilines is 1. The fourth-order valence-corrected chi connectivity index (χ4v) is 7.44. The topological polar surface area (TPSA) is 7.12 Å². The van der Waals surface area contributed by atoms with Gasteiger partial charge in [-0.1, -0.05) is 95.9 Å². The Balaban J connectivity index is 0.00000267. The van der Waals surface area contributed by atoms with Crippen molar-refractivity contribution in [1.29, 1.82) is 0 Å². The first-order valence-electron chi connectivity index (χ1n) is 12.1. The molecule has 0 spiro atoms. The van der Waals surface area contributed by atoms with E-state index in [1.165, 1.54) is 52.4 Å². The number of benzene rings is 4. The van der Waals surface area contributed by atoms with E-state index >= 15 is 0 Å². The van der Waals surface area contributed by atoms with Gasteiger partial charge in [-0.3, -0.25) is 0 Å². The number of aryl methyl sites for hydroxylation is 1. The minimum atomic E-state index is 0. The van der Waals surface area contributed by atoms with Gasteiger partial charge in [0.2, 0.25) is 5.52 Å². The number of hydrogen-bond donors (Lipinski definition) is 0. The van der Waals surface area contributed by atoms with Crippen LogP contribution in [-0.4, -0.2) is 6.54 Å². The average Bonchev–Trinajstić information content (AvgIpc) is 3.46. The molecule has 0 aliphatic carbocycles. The molecule has 6 rings (SSSR count). The van der Waals surface area contributed by atoms with Crippen molar-refractivity contribution >= 4 is 66.6 Å². The highest BCUT2D eigenvalue weighted by molar-refractivity contribution is 8.04. The SMILES string of the molecule is CCN1\C(=C/C=C/C=C/c2sc3c4ccccc4ccc3[n+]2CC)Sc2c1ccc1ccccc21.[Cl-]. The number of aromatic nitrogens is 1. The highest BCUT2D eigenvalue weighted by atomic mass is 35.5. The molecule has 5 aromatic rings. The number of halogens is 1. The molecule has 2 heterocycles. The Morgan fingerprint density at radius 1 is 0.806 bits per heavy atom. The molecule has 180 valence electrons. The van der Waals surface area contributed by atoms with Crippen LogP contribution in [0.4, 0.5) is 5.69 Å². The zero-order valence-corrected chi connectivity index (χ0v) is 22.7. The van der Waals surface area contributed by atoms with E-state index in [1.807, 2.05) is 23.1 Å². The van der Waals surface area contributed by atoms with Crippen LogP contribution in [0.2, 0.25) is 0 Å². The molecule has 1 aliphatic rings. The molecule has 1 aromatic heterocycles. The summed E-state index contributed by atoms with van der Waals surface area (Å²) >= 11 is 3.75. The molecule has 0 unspecified atom stereocenters. The van der Waals surface area contributed by atoms with E-state index in [-0.39, 0.29) is 12.4 Å². The van der Waals surface area contributed by atoms with Crippen LogP contribution >= 0.6 is 23.1 Å². The van der Waals surface area contributed by atoms with Crippen LogP contribution in [0.5, 0.6) is 0 Å². The lowest BCUT2D eigenvalue weighted by Crippen LogP contribution is -3.00. The number of fused-ring (bicyclic) bond motifs is 6. The minimum Gasteiger partial charge on any atom is -1.00 e. The highest BCUT2D eigenvalue weighted by Crippen LogP contribution is 2.49. The maximum atomic E-state index is 2.41. The normalized spacial score (nSPS) is 14.6. The summed E-state index contributed by atoms with van der Waals surface area (Å²) in [5, 5.41) is 7.83. The van der Waals surface area contributed by atoms with E-state index in [9.17, 15) is 0 Å².